The summed E-state index contributed by atoms with van der Waals surface area (Å²) in [5.41, 5.74) is 3.58. The summed E-state index contributed by atoms with van der Waals surface area (Å²) in [5, 5.41) is 9.72. The summed E-state index contributed by atoms with van der Waals surface area (Å²) in [5.74, 6) is -0.386. The van der Waals surface area contributed by atoms with Gasteiger partial charge in [0.05, 0.1) is 18.1 Å². The fourth-order valence-electron chi connectivity index (χ4n) is 2.83. The van der Waals surface area contributed by atoms with Crippen molar-refractivity contribution in [2.45, 2.75) is 25.0 Å². The number of ether oxygens (including phenoxy) is 2. The number of aromatic amines is 1. The van der Waals surface area contributed by atoms with Crippen LogP contribution in [0, 0.1) is 0 Å². The fraction of sp³-hybridized carbons (Fsp3) is 0.462. The lowest BCUT2D eigenvalue weighted by molar-refractivity contribution is -0.163. The van der Waals surface area contributed by atoms with Gasteiger partial charge in [-0.25, -0.2) is 0 Å². The summed E-state index contributed by atoms with van der Waals surface area (Å²) < 4.78 is 11.6. The summed E-state index contributed by atoms with van der Waals surface area (Å²) in [6.07, 6.45) is 2.69. The van der Waals surface area contributed by atoms with Crippen molar-refractivity contribution in [3.63, 3.8) is 0 Å². The van der Waals surface area contributed by atoms with Crippen molar-refractivity contribution in [1.29, 1.82) is 0 Å². The molecule has 2 aromatic rings. The lowest BCUT2D eigenvalue weighted by atomic mass is 9.90. The number of H-pyrrole nitrogens is 1. The number of hydrogen-bond donors (Lipinski definition) is 1. The van der Waals surface area contributed by atoms with Crippen molar-refractivity contribution in [1.82, 2.24) is 10.2 Å². The van der Waals surface area contributed by atoms with Gasteiger partial charge in [-0.1, -0.05) is 6.07 Å². The Balaban J connectivity index is 1.75. The van der Waals surface area contributed by atoms with E-state index < -0.39 is 0 Å². The van der Waals surface area contributed by atoms with E-state index in [1.54, 1.807) is 11.3 Å². The first-order valence-corrected chi connectivity index (χ1v) is 7.12. The average molecular weight is 262 g/mol. The van der Waals surface area contributed by atoms with Crippen LogP contribution < -0.4 is 0 Å². The Morgan fingerprint density at radius 1 is 1.33 bits per heavy atom. The van der Waals surface area contributed by atoms with Crippen LogP contribution in [0.2, 0.25) is 0 Å². The molecule has 1 fully saturated rings. The zero-order valence-electron chi connectivity index (χ0n) is 9.94. The first-order valence-electron chi connectivity index (χ1n) is 6.24. The van der Waals surface area contributed by atoms with Gasteiger partial charge >= 0.3 is 0 Å². The van der Waals surface area contributed by atoms with Gasteiger partial charge in [-0.2, -0.15) is 5.10 Å². The van der Waals surface area contributed by atoms with Gasteiger partial charge in [0.2, 0.25) is 0 Å². The van der Waals surface area contributed by atoms with Crippen LogP contribution in [0.5, 0.6) is 0 Å². The minimum atomic E-state index is -0.386. The second kappa shape index (κ2) is 3.91. The van der Waals surface area contributed by atoms with E-state index in [-0.39, 0.29) is 5.79 Å². The topological polar surface area (TPSA) is 47.1 Å². The zero-order chi connectivity index (χ0) is 12.0. The third-order valence-electron chi connectivity index (χ3n) is 3.72. The molecule has 0 unspecified atom stereocenters. The first-order chi connectivity index (χ1) is 8.86. The highest BCUT2D eigenvalue weighted by molar-refractivity contribution is 7.13. The van der Waals surface area contributed by atoms with Crippen molar-refractivity contribution in [2.24, 2.45) is 0 Å². The molecular weight excluding hydrogens is 248 g/mol. The van der Waals surface area contributed by atoms with Crippen molar-refractivity contribution in [3.05, 3.63) is 28.8 Å². The SMILES string of the molecule is c1csc(-c2n[nH]c3c2CC2(CC3)OCCO2)c1. The Hall–Kier alpha value is -1.17. The van der Waals surface area contributed by atoms with Gasteiger partial charge in [0.15, 0.2) is 5.79 Å². The molecule has 4 nitrogen and oxygen atoms in total. The number of thiophene rings is 1. The van der Waals surface area contributed by atoms with Gasteiger partial charge in [0.1, 0.15) is 5.69 Å². The normalized spacial score (nSPS) is 21.3. The second-order valence-corrected chi connectivity index (χ2v) is 5.74. The monoisotopic (exact) mass is 262 g/mol. The van der Waals surface area contributed by atoms with Gasteiger partial charge in [-0.3, -0.25) is 5.10 Å². The Morgan fingerprint density at radius 2 is 2.22 bits per heavy atom. The molecule has 0 aromatic carbocycles. The fourth-order valence-corrected chi connectivity index (χ4v) is 3.57. The standard InChI is InChI=1S/C13H14N2O2S/c1-2-11(18-7-1)12-9-8-13(16-5-6-17-13)4-3-10(9)14-15-12/h1-2,7H,3-6,8H2,(H,14,15). The van der Waals surface area contributed by atoms with Crippen LogP contribution in [0.4, 0.5) is 0 Å². The Morgan fingerprint density at radius 3 is 3.00 bits per heavy atom. The number of hydrogen-bond acceptors (Lipinski definition) is 4. The van der Waals surface area contributed by atoms with Crippen LogP contribution in [-0.4, -0.2) is 29.2 Å². The molecule has 3 heterocycles. The van der Waals surface area contributed by atoms with Crippen LogP contribution >= 0.6 is 11.3 Å². The smallest absolute Gasteiger partial charge is 0.173 e. The number of fused-ring (bicyclic) bond motifs is 1. The molecule has 1 saturated heterocycles. The van der Waals surface area contributed by atoms with Gasteiger partial charge in [-0.05, 0) is 17.9 Å². The van der Waals surface area contributed by atoms with Crippen molar-refractivity contribution in [3.8, 4) is 10.6 Å². The van der Waals surface area contributed by atoms with E-state index in [1.807, 2.05) is 0 Å². The molecule has 94 valence electrons. The Bertz CT molecular complexity index is 556. The average Bonchev–Trinajstić information content (AvgIpc) is 3.08. The number of nitrogens with one attached hydrogen (secondary N) is 1. The summed E-state index contributed by atoms with van der Waals surface area (Å²) in [6.45, 7) is 1.42. The molecule has 0 atom stereocenters. The van der Waals surface area contributed by atoms with Crippen LogP contribution in [0.25, 0.3) is 10.6 Å². The molecule has 0 radical (unpaired) electrons. The highest BCUT2D eigenvalue weighted by Gasteiger charge is 2.41. The van der Waals surface area contributed by atoms with Crippen LogP contribution in [-0.2, 0) is 22.3 Å². The molecule has 0 saturated carbocycles. The predicted octanol–water partition coefficient (Wildman–Crippen LogP) is 2.37. The third-order valence-corrected chi connectivity index (χ3v) is 4.60. The summed E-state index contributed by atoms with van der Waals surface area (Å²) in [4.78, 5) is 1.21. The maximum Gasteiger partial charge on any atom is 0.173 e. The minimum absolute atomic E-state index is 0.386. The Kier molecular flexibility index (Phi) is 2.33. The van der Waals surface area contributed by atoms with E-state index in [1.165, 1.54) is 16.1 Å². The van der Waals surface area contributed by atoms with E-state index in [0.717, 1.165) is 25.0 Å². The zero-order valence-corrected chi connectivity index (χ0v) is 10.8. The number of aromatic nitrogens is 2. The summed E-state index contributed by atoms with van der Waals surface area (Å²) in [7, 11) is 0. The molecule has 1 spiro atoms. The van der Waals surface area contributed by atoms with Gasteiger partial charge < -0.3 is 9.47 Å². The number of rotatable bonds is 1. The van der Waals surface area contributed by atoms with Crippen LogP contribution in [0.3, 0.4) is 0 Å². The molecule has 2 aliphatic rings. The molecule has 18 heavy (non-hydrogen) atoms. The third kappa shape index (κ3) is 1.55. The van der Waals surface area contributed by atoms with E-state index in [9.17, 15) is 0 Å². The number of aryl methyl sites for hydroxylation is 1. The molecule has 1 N–H and O–H groups in total. The minimum Gasteiger partial charge on any atom is -0.347 e. The second-order valence-electron chi connectivity index (χ2n) is 4.79. The van der Waals surface area contributed by atoms with E-state index in [0.29, 0.717) is 13.2 Å². The summed E-state index contributed by atoms with van der Waals surface area (Å²) in [6, 6.07) is 4.17. The molecular formula is C13H14N2O2S. The highest BCUT2D eigenvalue weighted by atomic mass is 32.1. The molecule has 0 bridgehead atoms. The molecule has 1 aliphatic heterocycles. The molecule has 1 aliphatic carbocycles. The first kappa shape index (κ1) is 10.7. The lowest BCUT2D eigenvalue weighted by Crippen LogP contribution is -2.36. The molecule has 0 amide bonds. The van der Waals surface area contributed by atoms with Gasteiger partial charge in [-0.15, -0.1) is 11.3 Å². The largest absolute Gasteiger partial charge is 0.347 e. The predicted molar refractivity (Wildman–Crippen MR) is 68.6 cm³/mol. The quantitative estimate of drug-likeness (QED) is 0.858. The van der Waals surface area contributed by atoms with Gasteiger partial charge in [0.25, 0.3) is 0 Å². The lowest BCUT2D eigenvalue weighted by Gasteiger charge is -2.31. The Labute approximate surface area is 109 Å². The van der Waals surface area contributed by atoms with Gasteiger partial charge in [0, 0.05) is 24.1 Å². The molecule has 2 aromatic heterocycles. The highest BCUT2D eigenvalue weighted by Crippen LogP contribution is 2.39. The van der Waals surface area contributed by atoms with Crippen LogP contribution in [0.1, 0.15) is 17.7 Å². The van der Waals surface area contributed by atoms with Crippen molar-refractivity contribution in [2.75, 3.05) is 13.2 Å². The van der Waals surface area contributed by atoms with Crippen molar-refractivity contribution >= 4 is 11.3 Å². The van der Waals surface area contributed by atoms with E-state index >= 15 is 0 Å². The number of nitrogens with zero attached hydrogens (tertiary/aromatic N) is 1. The molecule has 4 rings (SSSR count). The van der Waals surface area contributed by atoms with E-state index in [4.69, 9.17) is 9.47 Å². The van der Waals surface area contributed by atoms with E-state index in [2.05, 4.69) is 27.7 Å². The van der Waals surface area contributed by atoms with Crippen molar-refractivity contribution < 1.29 is 9.47 Å². The maximum absolute atomic E-state index is 5.82. The van der Waals surface area contributed by atoms with Crippen LogP contribution in [0.15, 0.2) is 17.5 Å². The summed E-state index contributed by atoms with van der Waals surface area (Å²) >= 11 is 1.72. The maximum atomic E-state index is 5.82. The molecule has 5 heteroatoms.